The second-order valence-electron chi connectivity index (χ2n) is 4.81. The Bertz CT molecular complexity index is 316. The average Bonchev–Trinajstić information content (AvgIpc) is 2.59. The van der Waals surface area contributed by atoms with Gasteiger partial charge in [0.25, 0.3) is 0 Å². The summed E-state index contributed by atoms with van der Waals surface area (Å²) in [5.74, 6) is 0. The largest absolute Gasteiger partial charge is 0.315 e. The van der Waals surface area contributed by atoms with E-state index in [1.807, 2.05) is 0 Å². The fraction of sp³-hybridized carbons (Fsp3) is 0.769. The van der Waals surface area contributed by atoms with Crippen LogP contribution >= 0.6 is 11.3 Å². The van der Waals surface area contributed by atoms with Crippen LogP contribution < -0.4 is 10.6 Å². The molecular weight excluding hydrogens is 230 g/mol. The molecule has 0 amide bonds. The molecule has 4 heteroatoms. The van der Waals surface area contributed by atoms with Gasteiger partial charge in [-0.1, -0.05) is 12.8 Å². The minimum atomic E-state index is 0.676. The lowest BCUT2D eigenvalue weighted by molar-refractivity contribution is 0.471. The van der Waals surface area contributed by atoms with Gasteiger partial charge in [-0.3, -0.25) is 0 Å². The maximum absolute atomic E-state index is 4.47. The molecular formula is C13H23N3S. The van der Waals surface area contributed by atoms with Gasteiger partial charge in [-0.05, 0) is 26.3 Å². The first-order valence-corrected chi connectivity index (χ1v) is 7.57. The Morgan fingerprint density at radius 2 is 2.41 bits per heavy atom. The molecule has 3 nitrogen and oxygen atoms in total. The van der Waals surface area contributed by atoms with Crippen LogP contribution in [0, 0.1) is 6.92 Å². The van der Waals surface area contributed by atoms with Gasteiger partial charge in [0.05, 0.1) is 10.7 Å². The zero-order valence-electron chi connectivity index (χ0n) is 10.7. The van der Waals surface area contributed by atoms with Crippen molar-refractivity contribution in [3.05, 3.63) is 16.1 Å². The Morgan fingerprint density at radius 1 is 1.47 bits per heavy atom. The molecule has 2 heterocycles. The van der Waals surface area contributed by atoms with E-state index in [1.165, 1.54) is 42.9 Å². The second-order valence-corrected chi connectivity index (χ2v) is 5.87. The van der Waals surface area contributed by atoms with Gasteiger partial charge >= 0.3 is 0 Å². The summed E-state index contributed by atoms with van der Waals surface area (Å²) in [6, 6.07) is 0.676. The van der Waals surface area contributed by atoms with Gasteiger partial charge in [-0.25, -0.2) is 4.98 Å². The van der Waals surface area contributed by atoms with E-state index in [0.29, 0.717) is 6.04 Å². The highest BCUT2D eigenvalue weighted by Crippen LogP contribution is 2.09. The van der Waals surface area contributed by atoms with Crippen molar-refractivity contribution in [2.75, 3.05) is 19.6 Å². The van der Waals surface area contributed by atoms with Crippen molar-refractivity contribution in [2.24, 2.45) is 0 Å². The molecule has 96 valence electrons. The minimum Gasteiger partial charge on any atom is -0.315 e. The van der Waals surface area contributed by atoms with Crippen molar-refractivity contribution >= 4 is 11.3 Å². The Hall–Kier alpha value is -0.450. The van der Waals surface area contributed by atoms with E-state index >= 15 is 0 Å². The van der Waals surface area contributed by atoms with Crippen LogP contribution in [0.2, 0.25) is 0 Å². The lowest BCUT2D eigenvalue weighted by Gasteiger charge is -2.16. The highest BCUT2D eigenvalue weighted by atomic mass is 32.1. The van der Waals surface area contributed by atoms with Crippen molar-refractivity contribution < 1.29 is 0 Å². The number of hydrogen-bond donors (Lipinski definition) is 2. The first-order valence-electron chi connectivity index (χ1n) is 6.70. The summed E-state index contributed by atoms with van der Waals surface area (Å²) in [6.07, 6.45) is 6.49. The van der Waals surface area contributed by atoms with E-state index in [-0.39, 0.29) is 0 Å². The molecule has 0 spiro atoms. The lowest BCUT2D eigenvalue weighted by Crippen LogP contribution is -2.38. The topological polar surface area (TPSA) is 37.0 Å². The predicted molar refractivity (Wildman–Crippen MR) is 73.7 cm³/mol. The maximum Gasteiger partial charge on any atom is 0.0897 e. The summed E-state index contributed by atoms with van der Waals surface area (Å²) in [4.78, 5) is 4.47. The average molecular weight is 253 g/mol. The fourth-order valence-corrected chi connectivity index (χ4v) is 2.94. The third-order valence-corrected chi connectivity index (χ3v) is 4.10. The molecule has 1 fully saturated rings. The fourth-order valence-electron chi connectivity index (χ4n) is 2.29. The number of thiazole rings is 1. The minimum absolute atomic E-state index is 0.676. The number of nitrogens with zero attached hydrogens (tertiary/aromatic N) is 1. The van der Waals surface area contributed by atoms with Gasteiger partial charge in [-0.15, -0.1) is 11.3 Å². The molecule has 0 radical (unpaired) electrons. The standard InChI is InChI=1S/C13H23N3S/c1-11-16-13(10-17-11)6-8-14-9-12-5-3-2-4-7-15-12/h10,12,14-15H,2-9H2,1H3. The number of aryl methyl sites for hydroxylation is 1. The van der Waals surface area contributed by atoms with E-state index < -0.39 is 0 Å². The number of nitrogens with one attached hydrogen (secondary N) is 2. The Balaban J connectivity index is 1.59. The molecule has 2 N–H and O–H groups in total. The highest BCUT2D eigenvalue weighted by molar-refractivity contribution is 7.09. The van der Waals surface area contributed by atoms with Gasteiger partial charge in [0.15, 0.2) is 0 Å². The molecule has 1 saturated heterocycles. The summed E-state index contributed by atoms with van der Waals surface area (Å²) >= 11 is 1.74. The monoisotopic (exact) mass is 253 g/mol. The summed E-state index contributed by atoms with van der Waals surface area (Å²) in [5.41, 5.74) is 1.23. The predicted octanol–water partition coefficient (Wildman–Crippen LogP) is 2.12. The van der Waals surface area contributed by atoms with Crippen LogP contribution in [-0.4, -0.2) is 30.7 Å². The number of rotatable bonds is 5. The third-order valence-electron chi connectivity index (χ3n) is 3.28. The molecule has 0 bridgehead atoms. The van der Waals surface area contributed by atoms with Gasteiger partial charge in [-0.2, -0.15) is 0 Å². The van der Waals surface area contributed by atoms with Crippen LogP contribution in [0.5, 0.6) is 0 Å². The van der Waals surface area contributed by atoms with Crippen LogP contribution in [0.4, 0.5) is 0 Å². The summed E-state index contributed by atoms with van der Waals surface area (Å²) < 4.78 is 0. The highest BCUT2D eigenvalue weighted by Gasteiger charge is 2.10. The molecule has 0 aliphatic carbocycles. The van der Waals surface area contributed by atoms with Gasteiger partial charge in [0.2, 0.25) is 0 Å². The van der Waals surface area contributed by atoms with Gasteiger partial charge < -0.3 is 10.6 Å². The number of hydrogen-bond acceptors (Lipinski definition) is 4. The Labute approximate surface area is 108 Å². The van der Waals surface area contributed by atoms with Crippen LogP contribution in [0.25, 0.3) is 0 Å². The van der Waals surface area contributed by atoms with Crippen LogP contribution in [-0.2, 0) is 6.42 Å². The summed E-state index contributed by atoms with van der Waals surface area (Å²) in [7, 11) is 0. The molecule has 0 saturated carbocycles. The second kappa shape index (κ2) is 7.09. The molecule has 1 aromatic heterocycles. The lowest BCUT2D eigenvalue weighted by atomic mass is 10.1. The molecule has 1 atom stereocenters. The molecule has 1 unspecified atom stereocenters. The zero-order chi connectivity index (χ0) is 11.9. The van der Waals surface area contributed by atoms with Crippen molar-refractivity contribution in [3.63, 3.8) is 0 Å². The van der Waals surface area contributed by atoms with E-state index in [0.717, 1.165) is 19.5 Å². The molecule has 0 aromatic carbocycles. The summed E-state index contributed by atoms with van der Waals surface area (Å²) in [6.45, 7) is 5.40. The van der Waals surface area contributed by atoms with Crippen LogP contribution in [0.3, 0.4) is 0 Å². The maximum atomic E-state index is 4.47. The van der Waals surface area contributed by atoms with E-state index in [2.05, 4.69) is 27.9 Å². The molecule has 1 aliphatic rings. The molecule has 2 rings (SSSR count). The normalized spacial score (nSPS) is 21.4. The number of aromatic nitrogens is 1. The van der Waals surface area contributed by atoms with Gasteiger partial charge in [0, 0.05) is 30.9 Å². The third kappa shape index (κ3) is 4.74. The zero-order valence-corrected chi connectivity index (χ0v) is 11.5. The van der Waals surface area contributed by atoms with E-state index in [1.54, 1.807) is 11.3 Å². The summed E-state index contributed by atoms with van der Waals surface area (Å²) in [5, 5.41) is 10.5. The van der Waals surface area contributed by atoms with Crippen molar-refractivity contribution in [1.29, 1.82) is 0 Å². The van der Waals surface area contributed by atoms with Crippen molar-refractivity contribution in [3.8, 4) is 0 Å². The van der Waals surface area contributed by atoms with Gasteiger partial charge in [0.1, 0.15) is 0 Å². The molecule has 17 heavy (non-hydrogen) atoms. The Morgan fingerprint density at radius 3 is 3.24 bits per heavy atom. The van der Waals surface area contributed by atoms with Crippen molar-refractivity contribution in [2.45, 2.75) is 45.1 Å². The SMILES string of the molecule is Cc1nc(CCNCC2CCCCCN2)cs1. The quantitative estimate of drug-likeness (QED) is 0.789. The first kappa shape index (κ1) is 13.0. The van der Waals surface area contributed by atoms with Crippen LogP contribution in [0.1, 0.15) is 36.4 Å². The molecule has 1 aliphatic heterocycles. The first-order chi connectivity index (χ1) is 8.34. The Kier molecular flexibility index (Phi) is 5.42. The molecule has 1 aromatic rings. The van der Waals surface area contributed by atoms with Crippen molar-refractivity contribution in [1.82, 2.24) is 15.6 Å². The van der Waals surface area contributed by atoms with Crippen LogP contribution in [0.15, 0.2) is 5.38 Å². The van der Waals surface area contributed by atoms with E-state index in [4.69, 9.17) is 0 Å². The van der Waals surface area contributed by atoms with E-state index in [9.17, 15) is 0 Å². The smallest absolute Gasteiger partial charge is 0.0897 e.